The van der Waals surface area contributed by atoms with Crippen LogP contribution >= 0.6 is 0 Å². The summed E-state index contributed by atoms with van der Waals surface area (Å²) in [5, 5.41) is 6.21. The molecule has 26 heavy (non-hydrogen) atoms. The number of hydrogen-bond donors (Lipinski definition) is 3. The number of fused-ring (bicyclic) bond motifs is 1. The van der Waals surface area contributed by atoms with Crippen molar-refractivity contribution in [2.24, 2.45) is 5.11 Å². The van der Waals surface area contributed by atoms with Gasteiger partial charge in [0.05, 0.1) is 11.3 Å². The molecule has 0 aliphatic rings. The molecule has 3 heterocycles. The van der Waals surface area contributed by atoms with Crippen molar-refractivity contribution >= 4 is 28.8 Å². The van der Waals surface area contributed by atoms with Crippen molar-refractivity contribution < 1.29 is 9.63 Å². The first-order valence-electron chi connectivity index (χ1n) is 7.59. The van der Waals surface area contributed by atoms with E-state index in [4.69, 9.17) is 16.1 Å². The molecular weight excluding hydrogens is 336 g/mol. The lowest BCUT2D eigenvalue weighted by Crippen LogP contribution is -2.18. The molecule has 0 spiro atoms. The molecule has 0 saturated carbocycles. The van der Waals surface area contributed by atoms with Crippen molar-refractivity contribution in [1.29, 1.82) is 5.53 Å². The number of nitrogen functional groups attached to an aromatic ring is 1. The summed E-state index contributed by atoms with van der Waals surface area (Å²) in [6.45, 7) is 2.96. The average molecular weight is 352 g/mol. The van der Waals surface area contributed by atoms with E-state index in [1.54, 1.807) is 37.4 Å². The van der Waals surface area contributed by atoms with Gasteiger partial charge in [-0.1, -0.05) is 0 Å². The number of pyridine rings is 2. The van der Waals surface area contributed by atoms with Crippen molar-refractivity contribution in [3.8, 4) is 11.4 Å². The van der Waals surface area contributed by atoms with Crippen LogP contribution in [0.5, 0.6) is 0 Å². The highest BCUT2D eigenvalue weighted by Gasteiger charge is 2.19. The van der Waals surface area contributed by atoms with Gasteiger partial charge >= 0.3 is 5.97 Å². The highest BCUT2D eigenvalue weighted by Crippen LogP contribution is 2.27. The number of nitrogens with zero attached hydrogens (tertiary/aromatic N) is 5. The largest absolute Gasteiger partial charge is 0.383 e. The summed E-state index contributed by atoms with van der Waals surface area (Å²) in [4.78, 5) is 29.8. The molecule has 0 aliphatic heterocycles. The maximum atomic E-state index is 11.6. The zero-order chi connectivity index (χ0) is 18.7. The van der Waals surface area contributed by atoms with Crippen LogP contribution in [0.2, 0.25) is 0 Å². The summed E-state index contributed by atoms with van der Waals surface area (Å²) in [6.07, 6.45) is 3.09. The van der Waals surface area contributed by atoms with E-state index in [2.05, 4.69) is 25.4 Å². The monoisotopic (exact) mass is 352 g/mol. The Morgan fingerprint density at radius 3 is 2.85 bits per heavy atom. The van der Waals surface area contributed by atoms with Crippen LogP contribution in [-0.4, -0.2) is 25.7 Å². The second-order valence-corrected chi connectivity index (χ2v) is 5.33. The van der Waals surface area contributed by atoms with Crippen molar-refractivity contribution in [3.05, 3.63) is 42.4 Å². The number of nitrogens with one attached hydrogen (secondary N) is 2. The second kappa shape index (κ2) is 6.97. The van der Waals surface area contributed by atoms with Gasteiger partial charge in [0.25, 0.3) is 0 Å². The van der Waals surface area contributed by atoms with Gasteiger partial charge in [-0.05, 0) is 31.2 Å². The van der Waals surface area contributed by atoms with E-state index < -0.39 is 5.97 Å². The molecule has 4 N–H and O–H groups in total. The number of carbonyl (C=O) groups excluding carboxylic acids is 1. The summed E-state index contributed by atoms with van der Waals surface area (Å²) in [5.74, 6) is 0.514. The van der Waals surface area contributed by atoms with E-state index in [-0.39, 0.29) is 5.82 Å². The van der Waals surface area contributed by atoms with Gasteiger partial charge < -0.3 is 15.9 Å². The molecule has 3 rings (SSSR count). The quantitative estimate of drug-likeness (QED) is 0.598. The van der Waals surface area contributed by atoms with Gasteiger partial charge in [-0.3, -0.25) is 0 Å². The minimum atomic E-state index is -0.531. The maximum Gasteiger partial charge on any atom is 0.330 e. The first-order chi connectivity index (χ1) is 12.5. The molecule has 3 aromatic rings. The molecule has 3 aromatic heterocycles. The first kappa shape index (κ1) is 17.0. The van der Waals surface area contributed by atoms with Crippen molar-refractivity contribution in [3.63, 3.8) is 0 Å². The molecule has 0 saturated heterocycles. The molecule has 0 atom stereocenters. The van der Waals surface area contributed by atoms with E-state index >= 15 is 0 Å². The van der Waals surface area contributed by atoms with Gasteiger partial charge in [0.2, 0.25) is 0 Å². The molecule has 10 nitrogen and oxygen atoms in total. The molecule has 0 aliphatic carbocycles. The lowest BCUT2D eigenvalue weighted by Gasteiger charge is -2.08. The fraction of sp³-hybridized carbons (Fsp3) is 0.125. The number of anilines is 2. The molecule has 0 amide bonds. The van der Waals surface area contributed by atoms with Crippen molar-refractivity contribution in [1.82, 2.24) is 19.7 Å². The lowest BCUT2D eigenvalue weighted by molar-refractivity contribution is -0.140. The zero-order valence-corrected chi connectivity index (χ0v) is 14.1. The third-order valence-electron chi connectivity index (χ3n) is 3.37. The number of hydrogen-bond acceptors (Lipinski definition) is 9. The van der Waals surface area contributed by atoms with Crippen LogP contribution < -0.4 is 15.9 Å². The Morgan fingerprint density at radius 1 is 1.35 bits per heavy atom. The van der Waals surface area contributed by atoms with E-state index in [0.29, 0.717) is 34.1 Å². The molecule has 132 valence electrons. The van der Waals surface area contributed by atoms with Crippen LogP contribution in [0, 0.1) is 5.53 Å². The van der Waals surface area contributed by atoms with Crippen molar-refractivity contribution in [2.45, 2.75) is 13.8 Å². The van der Waals surface area contributed by atoms with Gasteiger partial charge in [-0.25, -0.2) is 25.3 Å². The zero-order valence-electron chi connectivity index (χ0n) is 14.1. The number of allylic oxidation sites excluding steroid dienone is 1. The van der Waals surface area contributed by atoms with Crippen LogP contribution in [-0.2, 0) is 4.79 Å². The van der Waals surface area contributed by atoms with Crippen LogP contribution in [0.25, 0.3) is 22.6 Å². The van der Waals surface area contributed by atoms with Crippen LogP contribution in [0.3, 0.4) is 0 Å². The molecule has 10 heteroatoms. The number of imidazole rings is 1. The lowest BCUT2D eigenvalue weighted by atomic mass is 10.2. The van der Waals surface area contributed by atoms with E-state index in [0.717, 1.165) is 0 Å². The van der Waals surface area contributed by atoms with Crippen LogP contribution in [0.1, 0.15) is 13.8 Å². The van der Waals surface area contributed by atoms with Crippen LogP contribution in [0.4, 0.5) is 11.6 Å². The van der Waals surface area contributed by atoms with Gasteiger partial charge in [-0.15, -0.1) is 4.73 Å². The Kier molecular flexibility index (Phi) is 4.56. The van der Waals surface area contributed by atoms with Gasteiger partial charge in [0.1, 0.15) is 17.2 Å². The van der Waals surface area contributed by atoms with Gasteiger partial charge in [0.15, 0.2) is 11.5 Å². The Balaban J connectivity index is 2.15. The Labute approximate surface area is 148 Å². The summed E-state index contributed by atoms with van der Waals surface area (Å²) in [6, 6.07) is 6.87. The molecule has 0 radical (unpaired) electrons. The third-order valence-corrected chi connectivity index (χ3v) is 3.37. The summed E-state index contributed by atoms with van der Waals surface area (Å²) >= 11 is 0. The van der Waals surface area contributed by atoms with Gasteiger partial charge in [0, 0.05) is 19.3 Å². The van der Waals surface area contributed by atoms with Crippen molar-refractivity contribution in [2.75, 3.05) is 11.1 Å². The van der Waals surface area contributed by atoms with Crippen LogP contribution in [0.15, 0.2) is 47.5 Å². The minimum Gasteiger partial charge on any atom is -0.383 e. The summed E-state index contributed by atoms with van der Waals surface area (Å²) in [5.41, 5.74) is 14.7. The molecule has 0 aromatic carbocycles. The topological polar surface area (TPSA) is 144 Å². The Bertz CT molecular complexity index is 1020. The Hall–Kier alpha value is -3.82. The third kappa shape index (κ3) is 3.34. The number of carbonyl (C=O) groups is 1. The molecule has 0 bridgehead atoms. The first-order valence-corrected chi connectivity index (χ1v) is 7.59. The highest BCUT2D eigenvalue weighted by molar-refractivity contribution is 5.82. The number of nitrogens with two attached hydrogens (primary N) is 1. The van der Waals surface area contributed by atoms with E-state index in [9.17, 15) is 4.79 Å². The normalized spacial score (nSPS) is 11.4. The molecular formula is C16H16N8O2. The average Bonchev–Trinajstić information content (AvgIpc) is 2.97. The maximum absolute atomic E-state index is 11.6. The predicted octanol–water partition coefficient (Wildman–Crippen LogP) is 2.35. The van der Waals surface area contributed by atoms with E-state index in [1.165, 1.54) is 17.9 Å². The minimum absolute atomic E-state index is 0.255. The van der Waals surface area contributed by atoms with E-state index in [1.807, 2.05) is 0 Å². The Morgan fingerprint density at radius 2 is 2.15 bits per heavy atom. The SMILES string of the molecule is CC(=O)On1c(-c2cccnc2N)nc2ccc(N/C=C(/C)N=N)nc21. The second-order valence-electron chi connectivity index (χ2n) is 5.33. The standard InChI is InChI=1S/C16H16N8O2/c1-9(23-18)8-20-13-6-5-12-16(22-13)24(26-10(2)25)15(21-12)11-4-3-7-19-14(11)17/h3-8,18H,1-2H3,(H2,17,19)(H,20,22)/b9-8-,23-18?. The smallest absolute Gasteiger partial charge is 0.330 e. The fourth-order valence-corrected chi connectivity index (χ4v) is 2.22. The number of aromatic nitrogens is 4. The predicted molar refractivity (Wildman–Crippen MR) is 95.0 cm³/mol. The number of rotatable bonds is 5. The molecule has 0 fully saturated rings. The highest BCUT2D eigenvalue weighted by atomic mass is 16.7. The molecule has 0 unspecified atom stereocenters. The summed E-state index contributed by atoms with van der Waals surface area (Å²) < 4.78 is 1.22. The van der Waals surface area contributed by atoms with Gasteiger partial charge in [-0.2, -0.15) is 5.11 Å². The summed E-state index contributed by atoms with van der Waals surface area (Å²) in [7, 11) is 0. The fourth-order valence-electron chi connectivity index (χ4n) is 2.22.